The van der Waals surface area contributed by atoms with Crippen LogP contribution in [0, 0.1) is 0 Å². The number of rotatable bonds is 5. The molecule has 92 valence electrons. The number of aliphatic hydroxyl groups is 1. The summed E-state index contributed by atoms with van der Waals surface area (Å²) in [5, 5.41) is 11.0. The molecule has 1 heterocycles. The highest BCUT2D eigenvalue weighted by Crippen LogP contribution is 2.27. The van der Waals surface area contributed by atoms with E-state index in [1.54, 1.807) is 0 Å². The molecule has 0 aliphatic heterocycles. The molecule has 1 atom stereocenters. The summed E-state index contributed by atoms with van der Waals surface area (Å²) in [6.07, 6.45) is 3.48. The molecule has 2 aromatic rings. The molecule has 0 spiro atoms. The molecule has 0 amide bonds. The van der Waals surface area contributed by atoms with E-state index in [0.29, 0.717) is 5.76 Å². The van der Waals surface area contributed by atoms with Gasteiger partial charge in [-0.15, -0.1) is 0 Å². The lowest BCUT2D eigenvalue weighted by Gasteiger charge is -2.03. The molecule has 0 aliphatic rings. The first-order valence-electron chi connectivity index (χ1n) is 6.45. The van der Waals surface area contributed by atoms with E-state index >= 15 is 0 Å². The average molecular weight is 232 g/mol. The van der Waals surface area contributed by atoms with Crippen LogP contribution in [0.4, 0.5) is 0 Å². The molecule has 0 bridgehead atoms. The van der Waals surface area contributed by atoms with Gasteiger partial charge in [0.25, 0.3) is 0 Å². The molecule has 2 heteroatoms. The molecule has 1 aromatic carbocycles. The van der Waals surface area contributed by atoms with Crippen molar-refractivity contribution in [3.05, 3.63) is 35.6 Å². The maximum Gasteiger partial charge on any atom is 0.134 e. The molecular weight excluding hydrogens is 212 g/mol. The predicted octanol–water partition coefficient (Wildman–Crippen LogP) is 4.22. The monoisotopic (exact) mass is 232 g/mol. The van der Waals surface area contributed by atoms with Crippen LogP contribution in [0.3, 0.4) is 0 Å². The van der Waals surface area contributed by atoms with E-state index in [1.807, 2.05) is 12.1 Å². The molecule has 0 fully saturated rings. The Balaban J connectivity index is 2.30. The molecule has 1 N–H and O–H groups in total. The molecule has 17 heavy (non-hydrogen) atoms. The van der Waals surface area contributed by atoms with Crippen molar-refractivity contribution in [1.29, 1.82) is 0 Å². The van der Waals surface area contributed by atoms with Crippen molar-refractivity contribution in [2.75, 3.05) is 0 Å². The Hall–Kier alpha value is -1.28. The molecule has 0 saturated heterocycles. The Morgan fingerprint density at radius 2 is 2.00 bits per heavy atom. The standard InChI is InChI=1S/C15H20O2/c1-3-5-11-7-8-14-12(9-11)10-15(17-14)13(16)6-4-2/h7-10,13,16H,3-6H2,1-2H3. The number of furan rings is 1. The second-order valence-corrected chi connectivity index (χ2v) is 4.58. The molecule has 0 saturated carbocycles. The van der Waals surface area contributed by atoms with Gasteiger partial charge in [-0.1, -0.05) is 32.8 Å². The SMILES string of the molecule is CCCc1ccc2oc(C(O)CCC)cc2c1. The first-order chi connectivity index (χ1) is 8.24. The lowest BCUT2D eigenvalue weighted by atomic mass is 10.1. The Kier molecular flexibility index (Phi) is 3.85. The van der Waals surface area contributed by atoms with E-state index in [4.69, 9.17) is 4.42 Å². The van der Waals surface area contributed by atoms with Gasteiger partial charge in [0.05, 0.1) is 0 Å². The summed E-state index contributed by atoms with van der Waals surface area (Å²) in [6.45, 7) is 4.24. The maximum absolute atomic E-state index is 9.90. The van der Waals surface area contributed by atoms with Crippen LogP contribution >= 0.6 is 0 Å². The molecule has 1 aromatic heterocycles. The van der Waals surface area contributed by atoms with Crippen LogP contribution in [0.15, 0.2) is 28.7 Å². The summed E-state index contributed by atoms with van der Waals surface area (Å²) in [6, 6.07) is 8.23. The number of aryl methyl sites for hydroxylation is 1. The summed E-state index contributed by atoms with van der Waals surface area (Å²) in [7, 11) is 0. The molecule has 2 nitrogen and oxygen atoms in total. The Labute approximate surface area is 102 Å². The fourth-order valence-corrected chi connectivity index (χ4v) is 2.14. The second kappa shape index (κ2) is 5.37. The van der Waals surface area contributed by atoms with Crippen LogP contribution in [0.5, 0.6) is 0 Å². The zero-order valence-corrected chi connectivity index (χ0v) is 10.6. The quantitative estimate of drug-likeness (QED) is 0.837. The van der Waals surface area contributed by atoms with Gasteiger partial charge >= 0.3 is 0 Å². The Morgan fingerprint density at radius 1 is 1.18 bits per heavy atom. The van der Waals surface area contributed by atoms with E-state index in [0.717, 1.165) is 36.7 Å². The van der Waals surface area contributed by atoms with Gasteiger partial charge < -0.3 is 9.52 Å². The van der Waals surface area contributed by atoms with Crippen molar-refractivity contribution in [2.24, 2.45) is 0 Å². The maximum atomic E-state index is 9.90. The van der Waals surface area contributed by atoms with Gasteiger partial charge in [-0.2, -0.15) is 0 Å². The number of hydrogen-bond donors (Lipinski definition) is 1. The zero-order valence-electron chi connectivity index (χ0n) is 10.6. The van der Waals surface area contributed by atoms with Crippen molar-refractivity contribution < 1.29 is 9.52 Å². The Morgan fingerprint density at radius 3 is 2.71 bits per heavy atom. The van der Waals surface area contributed by atoms with Gasteiger partial charge in [0.15, 0.2) is 0 Å². The van der Waals surface area contributed by atoms with Gasteiger partial charge in [0.2, 0.25) is 0 Å². The average Bonchev–Trinajstić information content (AvgIpc) is 2.73. The van der Waals surface area contributed by atoms with Crippen molar-refractivity contribution >= 4 is 11.0 Å². The summed E-state index contributed by atoms with van der Waals surface area (Å²) in [4.78, 5) is 0. The predicted molar refractivity (Wildman–Crippen MR) is 70.1 cm³/mol. The van der Waals surface area contributed by atoms with Crippen molar-refractivity contribution in [2.45, 2.75) is 45.6 Å². The van der Waals surface area contributed by atoms with Crippen molar-refractivity contribution in [3.63, 3.8) is 0 Å². The number of fused-ring (bicyclic) bond motifs is 1. The Bertz CT molecular complexity index is 485. The summed E-state index contributed by atoms with van der Waals surface area (Å²) < 4.78 is 5.67. The molecule has 2 rings (SSSR count). The van der Waals surface area contributed by atoms with Gasteiger partial charge in [0, 0.05) is 5.39 Å². The molecule has 0 radical (unpaired) electrons. The highest BCUT2D eigenvalue weighted by molar-refractivity contribution is 5.78. The first-order valence-corrected chi connectivity index (χ1v) is 6.45. The fraction of sp³-hybridized carbons (Fsp3) is 0.467. The van der Waals surface area contributed by atoms with Crippen LogP contribution in [0.25, 0.3) is 11.0 Å². The molecule has 1 unspecified atom stereocenters. The van der Waals surface area contributed by atoms with Gasteiger partial charge in [0.1, 0.15) is 17.4 Å². The third kappa shape index (κ3) is 2.70. The minimum Gasteiger partial charge on any atom is -0.458 e. The number of benzene rings is 1. The smallest absolute Gasteiger partial charge is 0.134 e. The summed E-state index contributed by atoms with van der Waals surface area (Å²) in [5.74, 6) is 0.690. The van der Waals surface area contributed by atoms with E-state index in [2.05, 4.69) is 26.0 Å². The first kappa shape index (κ1) is 12.2. The van der Waals surface area contributed by atoms with Gasteiger partial charge in [-0.3, -0.25) is 0 Å². The molecule has 0 aliphatic carbocycles. The number of aliphatic hydroxyl groups excluding tert-OH is 1. The highest BCUT2D eigenvalue weighted by Gasteiger charge is 2.12. The summed E-state index contributed by atoms with van der Waals surface area (Å²) >= 11 is 0. The van der Waals surface area contributed by atoms with E-state index in [-0.39, 0.29) is 0 Å². The second-order valence-electron chi connectivity index (χ2n) is 4.58. The van der Waals surface area contributed by atoms with E-state index < -0.39 is 6.10 Å². The van der Waals surface area contributed by atoms with E-state index in [1.165, 1.54) is 5.56 Å². The normalized spacial score (nSPS) is 13.1. The third-order valence-electron chi connectivity index (χ3n) is 3.03. The summed E-state index contributed by atoms with van der Waals surface area (Å²) in [5.41, 5.74) is 2.20. The minimum absolute atomic E-state index is 0.470. The van der Waals surface area contributed by atoms with Crippen LogP contribution in [-0.2, 0) is 6.42 Å². The minimum atomic E-state index is -0.470. The van der Waals surface area contributed by atoms with Crippen LogP contribution in [-0.4, -0.2) is 5.11 Å². The topological polar surface area (TPSA) is 33.4 Å². The highest BCUT2D eigenvalue weighted by atomic mass is 16.4. The van der Waals surface area contributed by atoms with E-state index in [9.17, 15) is 5.11 Å². The van der Waals surface area contributed by atoms with Crippen molar-refractivity contribution in [3.8, 4) is 0 Å². The lowest BCUT2D eigenvalue weighted by molar-refractivity contribution is 0.141. The lowest BCUT2D eigenvalue weighted by Crippen LogP contribution is -1.93. The van der Waals surface area contributed by atoms with Gasteiger partial charge in [-0.05, 0) is 36.6 Å². The van der Waals surface area contributed by atoms with Crippen molar-refractivity contribution in [1.82, 2.24) is 0 Å². The number of hydrogen-bond acceptors (Lipinski definition) is 2. The van der Waals surface area contributed by atoms with Crippen LogP contribution in [0.2, 0.25) is 0 Å². The largest absolute Gasteiger partial charge is 0.458 e. The third-order valence-corrected chi connectivity index (χ3v) is 3.03. The fourth-order valence-electron chi connectivity index (χ4n) is 2.14. The zero-order chi connectivity index (χ0) is 12.3. The van der Waals surface area contributed by atoms with Crippen LogP contribution in [0.1, 0.15) is 50.5 Å². The van der Waals surface area contributed by atoms with Gasteiger partial charge in [-0.25, -0.2) is 0 Å². The molecular formula is C15H20O2. The van der Waals surface area contributed by atoms with Crippen LogP contribution < -0.4 is 0 Å².